The van der Waals surface area contributed by atoms with Crippen LogP contribution in [-0.4, -0.2) is 4.98 Å². The minimum Gasteiger partial charge on any atom is -0.328 e. The molecule has 1 N–H and O–H groups in total. The van der Waals surface area contributed by atoms with Crippen molar-refractivity contribution < 1.29 is 4.39 Å². The minimum atomic E-state index is -0.270. The molecule has 0 aliphatic carbocycles. The highest BCUT2D eigenvalue weighted by Gasteiger charge is 2.13. The quantitative estimate of drug-likeness (QED) is 0.716. The summed E-state index contributed by atoms with van der Waals surface area (Å²) in [4.78, 5) is 15.3. The molecule has 2 nitrogen and oxygen atoms in total. The number of rotatable bonds is 1. The van der Waals surface area contributed by atoms with E-state index in [-0.39, 0.29) is 11.4 Å². The van der Waals surface area contributed by atoms with Crippen molar-refractivity contribution in [1.29, 1.82) is 0 Å². The number of fused-ring (bicyclic) bond motifs is 1. The molecule has 0 saturated carbocycles. The minimum absolute atomic E-state index is 0.121. The van der Waals surface area contributed by atoms with Crippen LogP contribution in [0.2, 0.25) is 0 Å². The summed E-state index contributed by atoms with van der Waals surface area (Å²) in [6, 6.07) is 8.10. The zero-order valence-electron chi connectivity index (χ0n) is 9.04. The molecule has 5 heteroatoms. The van der Waals surface area contributed by atoms with Crippen LogP contribution in [0.5, 0.6) is 0 Å². The Morgan fingerprint density at radius 2 is 1.89 bits per heavy atom. The Morgan fingerprint density at radius 3 is 2.56 bits per heavy atom. The fourth-order valence-corrected chi connectivity index (χ4v) is 3.90. The van der Waals surface area contributed by atoms with E-state index in [9.17, 15) is 9.18 Å². The number of benzene rings is 1. The Labute approximate surface area is 114 Å². The molecule has 0 bridgehead atoms. The molecule has 0 fully saturated rings. The van der Waals surface area contributed by atoms with Gasteiger partial charge in [0.25, 0.3) is 5.56 Å². The molecule has 0 aliphatic heterocycles. The Bertz CT molecular complexity index is 776. The lowest BCUT2D eigenvalue weighted by Gasteiger charge is -1.98. The van der Waals surface area contributed by atoms with E-state index in [0.29, 0.717) is 5.39 Å². The van der Waals surface area contributed by atoms with Gasteiger partial charge in [0, 0.05) is 20.2 Å². The van der Waals surface area contributed by atoms with Gasteiger partial charge in [-0.2, -0.15) is 0 Å². The summed E-state index contributed by atoms with van der Waals surface area (Å²) < 4.78 is 14.6. The van der Waals surface area contributed by atoms with Crippen LogP contribution in [0, 0.1) is 5.82 Å². The van der Waals surface area contributed by atoms with Crippen LogP contribution < -0.4 is 5.56 Å². The lowest BCUT2D eigenvalue weighted by molar-refractivity contribution is 0.628. The van der Waals surface area contributed by atoms with E-state index < -0.39 is 0 Å². The number of hydrogen-bond acceptors (Lipinski definition) is 2. The van der Waals surface area contributed by atoms with Crippen molar-refractivity contribution in [2.45, 2.75) is 0 Å². The number of nitrogens with one attached hydrogen (secondary N) is 1. The monoisotopic (exact) mass is 323 g/mol. The van der Waals surface area contributed by atoms with E-state index in [1.165, 1.54) is 23.5 Å². The average molecular weight is 324 g/mol. The first-order valence-corrected chi connectivity index (χ1v) is 6.83. The topological polar surface area (TPSA) is 32.9 Å². The van der Waals surface area contributed by atoms with Crippen molar-refractivity contribution in [1.82, 2.24) is 4.98 Å². The first-order chi connectivity index (χ1) is 8.66. The van der Waals surface area contributed by atoms with Gasteiger partial charge >= 0.3 is 0 Å². The molecule has 0 amide bonds. The Hall–Kier alpha value is -1.46. The van der Waals surface area contributed by atoms with Crippen LogP contribution in [0.15, 0.2) is 45.8 Å². The van der Waals surface area contributed by atoms with Crippen LogP contribution in [0.4, 0.5) is 4.39 Å². The van der Waals surface area contributed by atoms with Crippen molar-refractivity contribution in [3.8, 4) is 10.4 Å². The van der Waals surface area contributed by atoms with E-state index in [4.69, 9.17) is 0 Å². The van der Waals surface area contributed by atoms with Crippen LogP contribution in [-0.2, 0) is 0 Å². The summed E-state index contributed by atoms with van der Waals surface area (Å²) >= 11 is 4.96. The highest BCUT2D eigenvalue weighted by Crippen LogP contribution is 2.40. The summed E-state index contributed by atoms with van der Waals surface area (Å²) in [7, 11) is 0. The number of hydrogen-bond donors (Lipinski definition) is 1. The second kappa shape index (κ2) is 4.33. The van der Waals surface area contributed by atoms with Crippen LogP contribution in [0.1, 0.15) is 0 Å². The maximum absolute atomic E-state index is 12.9. The standard InChI is InChI=1S/C13H7BrFNOS/c14-11-10-9(5-6-16-13(10)17)18-12(11)7-1-3-8(15)4-2-7/h1-6H,(H,16,17). The third-order valence-electron chi connectivity index (χ3n) is 2.66. The molecule has 2 heterocycles. The second-order valence-electron chi connectivity index (χ2n) is 3.80. The molecule has 2 aromatic heterocycles. The number of H-pyrrole nitrogens is 1. The van der Waals surface area contributed by atoms with Gasteiger partial charge in [-0.3, -0.25) is 4.79 Å². The fourth-order valence-electron chi connectivity index (χ4n) is 1.81. The fraction of sp³-hybridized carbons (Fsp3) is 0. The molecule has 1 aromatic carbocycles. The molecular weight excluding hydrogens is 317 g/mol. The Morgan fingerprint density at radius 1 is 1.17 bits per heavy atom. The maximum atomic E-state index is 12.9. The second-order valence-corrected chi connectivity index (χ2v) is 5.64. The summed E-state index contributed by atoms with van der Waals surface area (Å²) in [5.74, 6) is -0.270. The smallest absolute Gasteiger partial charge is 0.257 e. The van der Waals surface area contributed by atoms with E-state index in [1.807, 2.05) is 6.07 Å². The number of pyridine rings is 1. The van der Waals surface area contributed by atoms with Crippen molar-refractivity contribution in [3.63, 3.8) is 0 Å². The van der Waals surface area contributed by atoms with Gasteiger partial charge in [-0.25, -0.2) is 4.39 Å². The van der Waals surface area contributed by atoms with Gasteiger partial charge in [-0.05, 0) is 39.7 Å². The lowest BCUT2D eigenvalue weighted by atomic mass is 10.2. The number of aromatic amines is 1. The Balaban J connectivity index is 2.30. The molecule has 0 spiro atoms. The summed E-state index contributed by atoms with van der Waals surface area (Å²) in [5.41, 5.74) is 0.771. The first kappa shape index (κ1) is 11.6. The first-order valence-electron chi connectivity index (χ1n) is 5.22. The molecule has 0 radical (unpaired) electrons. The van der Waals surface area contributed by atoms with Gasteiger partial charge in [0.05, 0.1) is 5.39 Å². The zero-order valence-corrected chi connectivity index (χ0v) is 11.4. The summed E-state index contributed by atoms with van der Waals surface area (Å²) in [5, 5.41) is 0.641. The van der Waals surface area contributed by atoms with Gasteiger partial charge in [0.2, 0.25) is 0 Å². The summed E-state index contributed by atoms with van der Waals surface area (Å²) in [6.45, 7) is 0. The van der Waals surface area contributed by atoms with Gasteiger partial charge in [0.15, 0.2) is 0 Å². The largest absolute Gasteiger partial charge is 0.328 e. The molecular formula is C13H7BrFNOS. The van der Waals surface area contributed by atoms with Gasteiger partial charge in [-0.1, -0.05) is 12.1 Å². The molecule has 0 saturated heterocycles. The number of thiophene rings is 1. The molecule has 0 unspecified atom stereocenters. The molecule has 3 rings (SSSR count). The third-order valence-corrected chi connectivity index (χ3v) is 4.92. The van der Waals surface area contributed by atoms with E-state index in [0.717, 1.165) is 19.6 Å². The molecule has 3 aromatic rings. The molecule has 90 valence electrons. The normalized spacial score (nSPS) is 11.0. The SMILES string of the molecule is O=c1[nH]ccc2sc(-c3ccc(F)cc3)c(Br)c12. The van der Waals surface area contributed by atoms with Crippen LogP contribution in [0.3, 0.4) is 0 Å². The zero-order chi connectivity index (χ0) is 12.7. The van der Waals surface area contributed by atoms with Crippen molar-refractivity contribution in [2.75, 3.05) is 0 Å². The van der Waals surface area contributed by atoms with E-state index in [2.05, 4.69) is 20.9 Å². The Kier molecular flexibility index (Phi) is 2.80. The molecule has 0 atom stereocenters. The number of aromatic nitrogens is 1. The predicted molar refractivity (Wildman–Crippen MR) is 75.5 cm³/mol. The van der Waals surface area contributed by atoms with Crippen molar-refractivity contribution in [2.24, 2.45) is 0 Å². The van der Waals surface area contributed by atoms with Crippen LogP contribution in [0.25, 0.3) is 20.5 Å². The highest BCUT2D eigenvalue weighted by atomic mass is 79.9. The number of halogens is 2. The highest BCUT2D eigenvalue weighted by molar-refractivity contribution is 9.10. The van der Waals surface area contributed by atoms with Gasteiger partial charge in [-0.15, -0.1) is 11.3 Å². The molecule has 0 aliphatic rings. The van der Waals surface area contributed by atoms with Crippen molar-refractivity contribution in [3.05, 3.63) is 57.2 Å². The van der Waals surface area contributed by atoms with Gasteiger partial charge < -0.3 is 4.98 Å². The average Bonchev–Trinajstić information content (AvgIpc) is 2.69. The van der Waals surface area contributed by atoms with E-state index >= 15 is 0 Å². The third kappa shape index (κ3) is 1.79. The van der Waals surface area contributed by atoms with Gasteiger partial charge in [0.1, 0.15) is 5.82 Å². The lowest BCUT2D eigenvalue weighted by Crippen LogP contribution is -2.02. The van der Waals surface area contributed by atoms with Crippen molar-refractivity contribution >= 4 is 37.4 Å². The van der Waals surface area contributed by atoms with Crippen LogP contribution >= 0.6 is 27.3 Å². The maximum Gasteiger partial charge on any atom is 0.257 e. The molecule has 18 heavy (non-hydrogen) atoms. The summed E-state index contributed by atoms with van der Waals surface area (Å²) in [6.07, 6.45) is 1.63. The van der Waals surface area contributed by atoms with E-state index in [1.54, 1.807) is 18.3 Å². The predicted octanol–water partition coefficient (Wildman–Crippen LogP) is 4.16.